The molecule has 3 aromatic rings. The highest BCUT2D eigenvalue weighted by molar-refractivity contribution is 7.89. The molecule has 0 aliphatic rings. The van der Waals surface area contributed by atoms with Crippen LogP contribution < -0.4 is 5.14 Å². The number of sulfonamides is 1. The molecular weight excluding hydrogens is 322 g/mol. The van der Waals surface area contributed by atoms with Crippen LogP contribution in [0.3, 0.4) is 0 Å². The lowest BCUT2D eigenvalue weighted by atomic mass is 10.0. The lowest BCUT2D eigenvalue weighted by Gasteiger charge is -2.07. The fourth-order valence-electron chi connectivity index (χ4n) is 2.35. The Labute approximate surface area is 131 Å². The predicted octanol–water partition coefficient (Wildman–Crippen LogP) is 3.27. The molecule has 0 fully saturated rings. The topological polar surface area (TPSA) is 76.0 Å². The van der Waals surface area contributed by atoms with E-state index >= 15 is 0 Å². The number of aromatic amines is 1. The zero-order chi connectivity index (χ0) is 16.6. The molecule has 23 heavy (non-hydrogen) atoms. The molecule has 0 saturated carbocycles. The third kappa shape index (κ3) is 3.01. The van der Waals surface area contributed by atoms with Crippen LogP contribution in [0.4, 0.5) is 8.78 Å². The number of rotatable bonds is 3. The first-order valence-electron chi connectivity index (χ1n) is 6.62. The van der Waals surface area contributed by atoms with Crippen molar-refractivity contribution in [2.75, 3.05) is 0 Å². The van der Waals surface area contributed by atoms with Gasteiger partial charge >= 0.3 is 0 Å². The van der Waals surface area contributed by atoms with Gasteiger partial charge in [0.15, 0.2) is 0 Å². The van der Waals surface area contributed by atoms with Gasteiger partial charge in [0.2, 0.25) is 10.0 Å². The SMILES string of the molecule is NS(=O)(=O)c1ccc(-c2cc[nH]c2-c2ccc(F)cc2F)cc1. The standard InChI is InChI=1S/C16H12F2N2O2S/c17-11-3-6-14(15(18)9-11)16-13(7-8-20-16)10-1-4-12(5-2-10)23(19,21)22/h1-9,20H,(H2,19,21,22). The van der Waals surface area contributed by atoms with Crippen molar-refractivity contribution < 1.29 is 17.2 Å². The summed E-state index contributed by atoms with van der Waals surface area (Å²) >= 11 is 0. The van der Waals surface area contributed by atoms with Crippen molar-refractivity contribution >= 4 is 10.0 Å². The Kier molecular flexibility index (Phi) is 3.75. The van der Waals surface area contributed by atoms with E-state index in [0.717, 1.165) is 6.07 Å². The van der Waals surface area contributed by atoms with Gasteiger partial charge < -0.3 is 4.98 Å². The summed E-state index contributed by atoms with van der Waals surface area (Å²) < 4.78 is 49.6. The molecular formula is C16H12F2N2O2S. The van der Waals surface area contributed by atoms with Gasteiger partial charge in [0.1, 0.15) is 11.6 Å². The van der Waals surface area contributed by atoms with Gasteiger partial charge in [0, 0.05) is 23.4 Å². The molecule has 0 unspecified atom stereocenters. The highest BCUT2D eigenvalue weighted by atomic mass is 32.2. The molecule has 0 aliphatic heterocycles. The van der Waals surface area contributed by atoms with E-state index in [2.05, 4.69) is 4.98 Å². The summed E-state index contributed by atoms with van der Waals surface area (Å²) in [7, 11) is -3.77. The van der Waals surface area contributed by atoms with E-state index in [1.54, 1.807) is 24.4 Å². The maximum Gasteiger partial charge on any atom is 0.238 e. The summed E-state index contributed by atoms with van der Waals surface area (Å²) in [6.07, 6.45) is 1.63. The number of hydrogen-bond acceptors (Lipinski definition) is 2. The van der Waals surface area contributed by atoms with Gasteiger partial charge in [0.25, 0.3) is 0 Å². The van der Waals surface area contributed by atoms with E-state index in [1.807, 2.05) is 0 Å². The van der Waals surface area contributed by atoms with Crippen LogP contribution in [0.5, 0.6) is 0 Å². The molecule has 2 aromatic carbocycles. The van der Waals surface area contributed by atoms with Crippen LogP contribution in [0.2, 0.25) is 0 Å². The molecule has 0 amide bonds. The van der Waals surface area contributed by atoms with E-state index < -0.39 is 21.7 Å². The first-order valence-corrected chi connectivity index (χ1v) is 8.17. The van der Waals surface area contributed by atoms with Gasteiger partial charge in [-0.15, -0.1) is 0 Å². The Bertz CT molecular complexity index is 964. The second kappa shape index (κ2) is 5.60. The number of nitrogens with one attached hydrogen (secondary N) is 1. The minimum atomic E-state index is -3.77. The van der Waals surface area contributed by atoms with Crippen LogP contribution in [-0.2, 0) is 10.0 Å². The maximum atomic E-state index is 14.0. The van der Waals surface area contributed by atoms with Gasteiger partial charge in [-0.2, -0.15) is 0 Å². The Morgan fingerprint density at radius 3 is 2.22 bits per heavy atom. The average Bonchev–Trinajstić information content (AvgIpc) is 2.95. The normalized spacial score (nSPS) is 11.6. The quantitative estimate of drug-likeness (QED) is 0.771. The van der Waals surface area contributed by atoms with Gasteiger partial charge in [-0.05, 0) is 35.9 Å². The van der Waals surface area contributed by atoms with Gasteiger partial charge in [0.05, 0.1) is 10.6 Å². The van der Waals surface area contributed by atoms with E-state index in [4.69, 9.17) is 5.14 Å². The molecule has 3 rings (SSSR count). The van der Waals surface area contributed by atoms with E-state index in [9.17, 15) is 17.2 Å². The smallest absolute Gasteiger partial charge is 0.238 e. The number of nitrogens with two attached hydrogens (primary N) is 1. The molecule has 0 bridgehead atoms. The van der Waals surface area contributed by atoms with Crippen molar-refractivity contribution in [3.8, 4) is 22.4 Å². The number of H-pyrrole nitrogens is 1. The summed E-state index contributed by atoms with van der Waals surface area (Å²) in [5.74, 6) is -1.34. The summed E-state index contributed by atoms with van der Waals surface area (Å²) in [6.45, 7) is 0. The Morgan fingerprint density at radius 1 is 0.913 bits per heavy atom. The van der Waals surface area contributed by atoms with Crippen LogP contribution in [0.1, 0.15) is 0 Å². The predicted molar refractivity (Wildman–Crippen MR) is 83.0 cm³/mol. The molecule has 4 nitrogen and oxygen atoms in total. The molecule has 1 aromatic heterocycles. The van der Waals surface area contributed by atoms with Crippen molar-refractivity contribution in [1.29, 1.82) is 0 Å². The van der Waals surface area contributed by atoms with Crippen molar-refractivity contribution in [2.45, 2.75) is 4.90 Å². The molecule has 0 spiro atoms. The highest BCUT2D eigenvalue weighted by Gasteiger charge is 2.14. The number of hydrogen-bond donors (Lipinski definition) is 2. The summed E-state index contributed by atoms with van der Waals surface area (Å²) in [5.41, 5.74) is 2.04. The van der Waals surface area contributed by atoms with Crippen LogP contribution in [0, 0.1) is 11.6 Å². The molecule has 1 heterocycles. The fraction of sp³-hybridized carbons (Fsp3) is 0. The van der Waals surface area contributed by atoms with E-state index in [0.29, 0.717) is 16.8 Å². The van der Waals surface area contributed by atoms with Crippen LogP contribution in [-0.4, -0.2) is 13.4 Å². The van der Waals surface area contributed by atoms with Crippen molar-refractivity contribution in [2.24, 2.45) is 5.14 Å². The van der Waals surface area contributed by atoms with Crippen LogP contribution in [0.25, 0.3) is 22.4 Å². The molecule has 3 N–H and O–H groups in total. The molecule has 0 atom stereocenters. The largest absolute Gasteiger partial charge is 0.361 e. The number of aromatic nitrogens is 1. The average molecular weight is 334 g/mol. The Hall–Kier alpha value is -2.51. The molecule has 0 saturated heterocycles. The zero-order valence-electron chi connectivity index (χ0n) is 11.8. The molecule has 0 aliphatic carbocycles. The van der Waals surface area contributed by atoms with E-state index in [-0.39, 0.29) is 10.5 Å². The molecule has 7 heteroatoms. The molecule has 118 valence electrons. The summed E-state index contributed by atoms with van der Waals surface area (Å²) in [6, 6.07) is 11.0. The van der Waals surface area contributed by atoms with Gasteiger partial charge in [-0.3, -0.25) is 0 Å². The highest BCUT2D eigenvalue weighted by Crippen LogP contribution is 2.33. The van der Waals surface area contributed by atoms with Crippen molar-refractivity contribution in [3.05, 3.63) is 66.4 Å². The Morgan fingerprint density at radius 2 is 1.61 bits per heavy atom. The summed E-state index contributed by atoms with van der Waals surface area (Å²) in [5, 5.41) is 5.06. The molecule has 0 radical (unpaired) electrons. The third-order valence-corrected chi connectivity index (χ3v) is 4.37. The first-order chi connectivity index (χ1) is 10.9. The lowest BCUT2D eigenvalue weighted by Crippen LogP contribution is -2.11. The van der Waals surface area contributed by atoms with Crippen LogP contribution in [0.15, 0.2) is 59.6 Å². The monoisotopic (exact) mass is 334 g/mol. The zero-order valence-corrected chi connectivity index (χ0v) is 12.6. The lowest BCUT2D eigenvalue weighted by molar-refractivity contribution is 0.585. The minimum absolute atomic E-state index is 0.00806. The third-order valence-electron chi connectivity index (χ3n) is 3.44. The number of benzene rings is 2. The first kappa shape index (κ1) is 15.4. The van der Waals surface area contributed by atoms with Crippen LogP contribution >= 0.6 is 0 Å². The fourth-order valence-corrected chi connectivity index (χ4v) is 2.86. The van der Waals surface area contributed by atoms with Gasteiger partial charge in [-0.1, -0.05) is 12.1 Å². The van der Waals surface area contributed by atoms with Crippen molar-refractivity contribution in [3.63, 3.8) is 0 Å². The van der Waals surface area contributed by atoms with Crippen molar-refractivity contribution in [1.82, 2.24) is 4.98 Å². The second-order valence-electron chi connectivity index (χ2n) is 4.96. The second-order valence-corrected chi connectivity index (χ2v) is 6.52. The summed E-state index contributed by atoms with van der Waals surface area (Å²) in [4.78, 5) is 2.91. The van der Waals surface area contributed by atoms with E-state index in [1.165, 1.54) is 24.3 Å². The van der Waals surface area contributed by atoms with Gasteiger partial charge in [-0.25, -0.2) is 22.3 Å². The number of primary sulfonamides is 1. The Balaban J connectivity index is 2.08. The minimum Gasteiger partial charge on any atom is -0.361 e. The number of halogens is 2. The maximum absolute atomic E-state index is 14.0.